The third kappa shape index (κ3) is 4.90. The molecule has 144 valence electrons. The van der Waals surface area contributed by atoms with E-state index in [1.54, 1.807) is 13.0 Å². The smallest absolute Gasteiger partial charge is 0.416 e. The molecule has 3 rings (SSSR count). The molecule has 0 radical (unpaired) electrons. The Hall–Kier alpha value is -2.77. The van der Waals surface area contributed by atoms with Crippen molar-refractivity contribution in [2.45, 2.75) is 38.1 Å². The summed E-state index contributed by atoms with van der Waals surface area (Å²) in [4.78, 5) is 12.0. The summed E-state index contributed by atoms with van der Waals surface area (Å²) in [5.74, 6) is -0.0872. The van der Waals surface area contributed by atoms with Crippen molar-refractivity contribution >= 4 is 11.7 Å². The highest BCUT2D eigenvalue weighted by molar-refractivity contribution is 5.90. The maximum absolute atomic E-state index is 13.2. The third-order valence-corrected chi connectivity index (χ3v) is 4.36. The van der Waals surface area contributed by atoms with Crippen LogP contribution in [-0.4, -0.2) is 18.2 Å². The number of hydrogen-bond acceptors (Lipinski definition) is 2. The van der Waals surface area contributed by atoms with Gasteiger partial charge in [-0.2, -0.15) is 13.2 Å². The second kappa shape index (κ2) is 7.46. The summed E-state index contributed by atoms with van der Waals surface area (Å²) in [5.41, 5.74) is 0.403. The molecule has 1 aliphatic carbocycles. The number of halogens is 4. The number of carbonyl (C=O) groups excluding carboxylic acids is 1. The van der Waals surface area contributed by atoms with Crippen LogP contribution in [0.15, 0.2) is 42.5 Å². The van der Waals surface area contributed by atoms with E-state index in [9.17, 15) is 22.4 Å². The largest absolute Gasteiger partial charge is 0.490 e. The van der Waals surface area contributed by atoms with Crippen LogP contribution in [0.4, 0.5) is 28.0 Å². The molecule has 0 aromatic heterocycles. The minimum atomic E-state index is -4.38. The first kappa shape index (κ1) is 19.0. The topological polar surface area (TPSA) is 50.4 Å². The molecule has 0 atom stereocenters. The van der Waals surface area contributed by atoms with Crippen LogP contribution >= 0.6 is 0 Å². The molecule has 0 aliphatic heterocycles. The van der Waals surface area contributed by atoms with Crippen molar-refractivity contribution in [2.75, 3.05) is 5.32 Å². The van der Waals surface area contributed by atoms with Crippen molar-refractivity contribution in [3.8, 4) is 5.75 Å². The average Bonchev–Trinajstić information content (AvgIpc) is 2.56. The molecule has 8 heteroatoms. The SMILES string of the molecule is Cc1ccc(F)cc1NC(=O)N[C@H]1C[C@H](Oc2ccc(C(F)(F)F)cc2)C1. The quantitative estimate of drug-likeness (QED) is 0.740. The Labute approximate surface area is 153 Å². The number of benzene rings is 2. The monoisotopic (exact) mass is 382 g/mol. The van der Waals surface area contributed by atoms with Crippen molar-refractivity contribution in [1.29, 1.82) is 0 Å². The van der Waals surface area contributed by atoms with Crippen LogP contribution in [0.3, 0.4) is 0 Å². The van der Waals surface area contributed by atoms with Crippen molar-refractivity contribution in [2.24, 2.45) is 0 Å². The van der Waals surface area contributed by atoms with E-state index in [4.69, 9.17) is 4.74 Å². The first-order chi connectivity index (χ1) is 12.7. The van der Waals surface area contributed by atoms with Crippen LogP contribution < -0.4 is 15.4 Å². The minimum absolute atomic E-state index is 0.113. The molecule has 0 spiro atoms. The Morgan fingerprint density at radius 2 is 1.78 bits per heavy atom. The molecule has 1 fully saturated rings. The van der Waals surface area contributed by atoms with Gasteiger partial charge in [-0.15, -0.1) is 0 Å². The van der Waals surface area contributed by atoms with Crippen molar-refractivity contribution in [1.82, 2.24) is 5.32 Å². The van der Waals surface area contributed by atoms with Crippen LogP contribution in [0.2, 0.25) is 0 Å². The number of carbonyl (C=O) groups is 1. The highest BCUT2D eigenvalue weighted by Crippen LogP contribution is 2.32. The number of anilines is 1. The molecule has 0 bridgehead atoms. The van der Waals surface area contributed by atoms with Gasteiger partial charge in [-0.3, -0.25) is 0 Å². The van der Waals surface area contributed by atoms with Crippen molar-refractivity contribution in [3.63, 3.8) is 0 Å². The van der Waals surface area contributed by atoms with Crippen LogP contribution in [0, 0.1) is 12.7 Å². The molecule has 0 saturated heterocycles. The zero-order chi connectivity index (χ0) is 19.6. The molecule has 2 aromatic carbocycles. The minimum Gasteiger partial charge on any atom is -0.490 e. The molecule has 2 N–H and O–H groups in total. The Morgan fingerprint density at radius 1 is 1.11 bits per heavy atom. The molecule has 1 aliphatic rings. The van der Waals surface area contributed by atoms with Gasteiger partial charge >= 0.3 is 12.2 Å². The van der Waals surface area contributed by atoms with Gasteiger partial charge in [0.25, 0.3) is 0 Å². The van der Waals surface area contributed by atoms with Gasteiger partial charge in [0.15, 0.2) is 0 Å². The lowest BCUT2D eigenvalue weighted by Gasteiger charge is -2.35. The summed E-state index contributed by atoms with van der Waals surface area (Å²) in [6.07, 6.45) is -3.48. The lowest BCUT2D eigenvalue weighted by Crippen LogP contribution is -2.50. The van der Waals surface area contributed by atoms with E-state index >= 15 is 0 Å². The number of alkyl halides is 3. The molecular weight excluding hydrogens is 364 g/mol. The van der Waals surface area contributed by atoms with Crippen LogP contribution in [0.25, 0.3) is 0 Å². The van der Waals surface area contributed by atoms with E-state index in [1.165, 1.54) is 24.3 Å². The lowest BCUT2D eigenvalue weighted by molar-refractivity contribution is -0.137. The lowest BCUT2D eigenvalue weighted by atomic mass is 9.89. The van der Waals surface area contributed by atoms with E-state index in [-0.39, 0.29) is 12.1 Å². The van der Waals surface area contributed by atoms with Crippen LogP contribution in [0.5, 0.6) is 5.75 Å². The number of urea groups is 1. The number of hydrogen-bond donors (Lipinski definition) is 2. The Morgan fingerprint density at radius 3 is 2.41 bits per heavy atom. The van der Waals surface area contributed by atoms with Gasteiger partial charge in [-0.25, -0.2) is 9.18 Å². The highest BCUT2D eigenvalue weighted by atomic mass is 19.4. The molecule has 27 heavy (non-hydrogen) atoms. The zero-order valence-corrected chi connectivity index (χ0v) is 14.4. The van der Waals surface area contributed by atoms with Gasteiger partial charge in [0.2, 0.25) is 0 Å². The summed E-state index contributed by atoms with van der Waals surface area (Å²) in [6, 6.07) is 8.07. The van der Waals surface area contributed by atoms with Gasteiger partial charge in [0.1, 0.15) is 17.7 Å². The summed E-state index contributed by atoms with van der Waals surface area (Å²) in [7, 11) is 0. The molecule has 1 saturated carbocycles. The molecule has 0 heterocycles. The Bertz CT molecular complexity index is 815. The van der Waals surface area contributed by atoms with Gasteiger partial charge in [-0.05, 0) is 48.9 Å². The molecule has 2 aromatic rings. The van der Waals surface area contributed by atoms with E-state index in [0.717, 1.165) is 17.7 Å². The predicted molar refractivity (Wildman–Crippen MR) is 92.2 cm³/mol. The van der Waals surface area contributed by atoms with Gasteiger partial charge in [-0.1, -0.05) is 6.07 Å². The van der Waals surface area contributed by atoms with Crippen LogP contribution in [-0.2, 0) is 6.18 Å². The first-order valence-electron chi connectivity index (χ1n) is 8.38. The third-order valence-electron chi connectivity index (χ3n) is 4.36. The van der Waals surface area contributed by atoms with Gasteiger partial charge < -0.3 is 15.4 Å². The highest BCUT2D eigenvalue weighted by Gasteiger charge is 2.33. The summed E-state index contributed by atoms with van der Waals surface area (Å²) in [6.45, 7) is 1.76. The number of rotatable bonds is 4. The van der Waals surface area contributed by atoms with Crippen molar-refractivity contribution < 1.29 is 27.1 Å². The summed E-state index contributed by atoms with van der Waals surface area (Å²) in [5, 5.41) is 5.35. The fourth-order valence-corrected chi connectivity index (χ4v) is 2.77. The molecule has 0 unspecified atom stereocenters. The predicted octanol–water partition coefficient (Wildman–Crippen LogP) is 4.88. The van der Waals surface area contributed by atoms with E-state index in [2.05, 4.69) is 10.6 Å². The average molecular weight is 382 g/mol. The first-order valence-corrected chi connectivity index (χ1v) is 8.38. The summed E-state index contributed by atoms with van der Waals surface area (Å²) < 4.78 is 56.4. The number of amides is 2. The summed E-state index contributed by atoms with van der Waals surface area (Å²) >= 11 is 0. The number of nitrogens with one attached hydrogen (secondary N) is 2. The van der Waals surface area contributed by atoms with E-state index < -0.39 is 23.6 Å². The molecule has 2 amide bonds. The molecular formula is C19H18F4N2O2. The second-order valence-electron chi connectivity index (χ2n) is 6.49. The zero-order valence-electron chi connectivity index (χ0n) is 14.4. The standard InChI is InChI=1S/C19H18F4N2O2/c1-11-2-5-13(20)8-17(11)25-18(26)24-14-9-16(10-14)27-15-6-3-12(4-7-15)19(21,22)23/h2-8,14,16H,9-10H2,1H3,(H2,24,25,26)/t14-,16-. The number of aryl methyl sites for hydroxylation is 1. The molecule has 4 nitrogen and oxygen atoms in total. The van der Waals surface area contributed by atoms with Gasteiger partial charge in [0, 0.05) is 24.6 Å². The van der Waals surface area contributed by atoms with Gasteiger partial charge in [0.05, 0.1) is 5.56 Å². The number of ether oxygens (including phenoxy) is 1. The second-order valence-corrected chi connectivity index (χ2v) is 6.49. The fourth-order valence-electron chi connectivity index (χ4n) is 2.77. The van der Waals surface area contributed by atoms with E-state index in [0.29, 0.717) is 24.3 Å². The van der Waals surface area contributed by atoms with E-state index in [1.807, 2.05) is 0 Å². The maximum atomic E-state index is 13.2. The Kier molecular flexibility index (Phi) is 5.25. The fraction of sp³-hybridized carbons (Fsp3) is 0.316. The normalized spacial score (nSPS) is 19.1. The maximum Gasteiger partial charge on any atom is 0.416 e. The Balaban J connectivity index is 1.44. The van der Waals surface area contributed by atoms with Crippen molar-refractivity contribution in [3.05, 3.63) is 59.4 Å². The van der Waals surface area contributed by atoms with Crippen LogP contribution in [0.1, 0.15) is 24.0 Å².